The van der Waals surface area contributed by atoms with E-state index in [0.717, 1.165) is 15.0 Å². The van der Waals surface area contributed by atoms with Crippen LogP contribution in [0.15, 0.2) is 34.1 Å². The van der Waals surface area contributed by atoms with Crippen molar-refractivity contribution in [3.8, 4) is 16.5 Å². The van der Waals surface area contributed by atoms with Gasteiger partial charge in [0.2, 0.25) is 5.88 Å². The molecular formula is C9H6BrNOS. The van der Waals surface area contributed by atoms with Crippen LogP contribution in [0.2, 0.25) is 0 Å². The number of hydrogen-bond acceptors (Lipinski definition) is 3. The molecule has 0 unspecified atom stereocenters. The van der Waals surface area contributed by atoms with E-state index >= 15 is 0 Å². The lowest BCUT2D eigenvalue weighted by Gasteiger charge is -1.94. The average molecular weight is 256 g/mol. The van der Waals surface area contributed by atoms with E-state index in [1.54, 1.807) is 5.38 Å². The van der Waals surface area contributed by atoms with Crippen LogP contribution in [0.25, 0.3) is 10.6 Å². The molecule has 0 aliphatic carbocycles. The fourth-order valence-corrected chi connectivity index (χ4v) is 1.94. The maximum atomic E-state index is 9.06. The Morgan fingerprint density at radius 3 is 2.46 bits per heavy atom. The quantitative estimate of drug-likeness (QED) is 0.849. The molecular weight excluding hydrogens is 250 g/mol. The predicted molar refractivity (Wildman–Crippen MR) is 56.9 cm³/mol. The molecule has 0 saturated heterocycles. The molecule has 66 valence electrons. The van der Waals surface area contributed by atoms with Gasteiger partial charge in [-0.25, -0.2) is 4.98 Å². The fourth-order valence-electron chi connectivity index (χ4n) is 0.990. The van der Waals surface area contributed by atoms with E-state index in [-0.39, 0.29) is 5.88 Å². The number of halogens is 1. The van der Waals surface area contributed by atoms with Gasteiger partial charge >= 0.3 is 0 Å². The largest absolute Gasteiger partial charge is 0.493 e. The van der Waals surface area contributed by atoms with Crippen LogP contribution in [0.5, 0.6) is 5.88 Å². The minimum atomic E-state index is 0.0860. The van der Waals surface area contributed by atoms with Gasteiger partial charge in [-0.1, -0.05) is 28.1 Å². The van der Waals surface area contributed by atoms with Gasteiger partial charge < -0.3 is 5.11 Å². The summed E-state index contributed by atoms with van der Waals surface area (Å²) >= 11 is 4.79. The summed E-state index contributed by atoms with van der Waals surface area (Å²) in [5, 5.41) is 11.5. The van der Waals surface area contributed by atoms with E-state index in [9.17, 15) is 0 Å². The number of aromatic hydroxyl groups is 1. The van der Waals surface area contributed by atoms with E-state index < -0.39 is 0 Å². The van der Waals surface area contributed by atoms with Crippen LogP contribution in [0.3, 0.4) is 0 Å². The Morgan fingerprint density at radius 1 is 1.23 bits per heavy atom. The number of benzene rings is 1. The second kappa shape index (κ2) is 3.47. The van der Waals surface area contributed by atoms with Crippen molar-refractivity contribution < 1.29 is 5.11 Å². The molecule has 0 bridgehead atoms. The molecule has 2 aromatic rings. The Balaban J connectivity index is 2.41. The highest BCUT2D eigenvalue weighted by molar-refractivity contribution is 9.10. The third-order valence-corrected chi connectivity index (χ3v) is 2.99. The van der Waals surface area contributed by atoms with Crippen molar-refractivity contribution in [2.75, 3.05) is 0 Å². The first-order valence-electron chi connectivity index (χ1n) is 3.66. The zero-order valence-corrected chi connectivity index (χ0v) is 8.97. The summed E-state index contributed by atoms with van der Waals surface area (Å²) < 4.78 is 1.04. The molecule has 0 aliphatic rings. The Labute approximate surface area is 88.0 Å². The van der Waals surface area contributed by atoms with Crippen LogP contribution in [0, 0.1) is 0 Å². The van der Waals surface area contributed by atoms with Crippen molar-refractivity contribution in [2.45, 2.75) is 0 Å². The first kappa shape index (κ1) is 8.72. The molecule has 0 saturated carbocycles. The molecule has 2 rings (SSSR count). The minimum Gasteiger partial charge on any atom is -0.493 e. The van der Waals surface area contributed by atoms with Crippen molar-refractivity contribution in [3.63, 3.8) is 0 Å². The lowest BCUT2D eigenvalue weighted by Crippen LogP contribution is -1.74. The van der Waals surface area contributed by atoms with E-state index in [0.29, 0.717) is 0 Å². The monoisotopic (exact) mass is 255 g/mol. The molecule has 1 heterocycles. The average Bonchev–Trinajstić information content (AvgIpc) is 2.53. The summed E-state index contributed by atoms with van der Waals surface area (Å²) in [7, 11) is 0. The maximum Gasteiger partial charge on any atom is 0.222 e. The van der Waals surface area contributed by atoms with Crippen LogP contribution in [-0.4, -0.2) is 10.1 Å². The number of thiazole rings is 1. The SMILES string of the molecule is Oc1csc(-c2ccc(Br)cc2)n1. The van der Waals surface area contributed by atoms with Gasteiger partial charge in [0.1, 0.15) is 5.01 Å². The zero-order chi connectivity index (χ0) is 9.26. The van der Waals surface area contributed by atoms with Gasteiger partial charge in [-0.05, 0) is 12.1 Å². The minimum absolute atomic E-state index is 0.0860. The second-order valence-electron chi connectivity index (χ2n) is 2.52. The molecule has 2 nitrogen and oxygen atoms in total. The van der Waals surface area contributed by atoms with Crippen LogP contribution in [-0.2, 0) is 0 Å². The number of hydrogen-bond donors (Lipinski definition) is 1. The molecule has 0 aliphatic heterocycles. The predicted octanol–water partition coefficient (Wildman–Crippen LogP) is 3.28. The van der Waals surface area contributed by atoms with Gasteiger partial charge in [-0.3, -0.25) is 0 Å². The molecule has 1 aromatic heterocycles. The molecule has 13 heavy (non-hydrogen) atoms. The summed E-state index contributed by atoms with van der Waals surface area (Å²) in [6, 6.07) is 7.83. The summed E-state index contributed by atoms with van der Waals surface area (Å²) in [5.74, 6) is 0.0860. The van der Waals surface area contributed by atoms with E-state index in [2.05, 4.69) is 20.9 Å². The molecule has 0 radical (unpaired) electrons. The molecule has 0 spiro atoms. The topological polar surface area (TPSA) is 33.1 Å². The van der Waals surface area contributed by atoms with Gasteiger partial charge in [0.15, 0.2) is 0 Å². The number of rotatable bonds is 1. The normalized spacial score (nSPS) is 10.2. The lowest BCUT2D eigenvalue weighted by molar-refractivity contribution is 0.458. The summed E-state index contributed by atoms with van der Waals surface area (Å²) in [6.45, 7) is 0. The first-order valence-corrected chi connectivity index (χ1v) is 5.33. The molecule has 0 atom stereocenters. The standard InChI is InChI=1S/C9H6BrNOS/c10-7-3-1-6(2-4-7)9-11-8(12)5-13-9/h1-5,12H. The summed E-state index contributed by atoms with van der Waals surface area (Å²) in [6.07, 6.45) is 0. The van der Waals surface area contributed by atoms with Crippen molar-refractivity contribution in [2.24, 2.45) is 0 Å². The zero-order valence-electron chi connectivity index (χ0n) is 6.57. The van der Waals surface area contributed by atoms with Crippen molar-refractivity contribution in [1.82, 2.24) is 4.98 Å². The number of aromatic nitrogens is 1. The Hall–Kier alpha value is -0.870. The highest BCUT2D eigenvalue weighted by Gasteiger charge is 2.02. The third-order valence-electron chi connectivity index (χ3n) is 1.58. The van der Waals surface area contributed by atoms with Crippen LogP contribution < -0.4 is 0 Å². The highest BCUT2D eigenvalue weighted by atomic mass is 79.9. The Kier molecular flexibility index (Phi) is 2.33. The first-order chi connectivity index (χ1) is 6.25. The summed E-state index contributed by atoms with van der Waals surface area (Å²) in [4.78, 5) is 3.97. The molecule has 4 heteroatoms. The van der Waals surface area contributed by atoms with Gasteiger partial charge in [-0.2, -0.15) is 0 Å². The molecule has 1 aromatic carbocycles. The smallest absolute Gasteiger partial charge is 0.222 e. The van der Waals surface area contributed by atoms with Crippen LogP contribution in [0.4, 0.5) is 0 Å². The van der Waals surface area contributed by atoms with E-state index in [4.69, 9.17) is 5.11 Å². The van der Waals surface area contributed by atoms with Crippen molar-refractivity contribution in [3.05, 3.63) is 34.1 Å². The van der Waals surface area contributed by atoms with Gasteiger partial charge in [0, 0.05) is 10.0 Å². The second-order valence-corrected chi connectivity index (χ2v) is 4.29. The Morgan fingerprint density at radius 2 is 1.92 bits per heavy atom. The van der Waals surface area contributed by atoms with Crippen LogP contribution in [0.1, 0.15) is 0 Å². The fraction of sp³-hybridized carbons (Fsp3) is 0. The summed E-state index contributed by atoms with van der Waals surface area (Å²) in [5.41, 5.74) is 1.02. The lowest BCUT2D eigenvalue weighted by atomic mass is 10.2. The van der Waals surface area contributed by atoms with Gasteiger partial charge in [0.05, 0.1) is 5.38 Å². The van der Waals surface area contributed by atoms with E-state index in [1.807, 2.05) is 24.3 Å². The third kappa shape index (κ3) is 1.89. The van der Waals surface area contributed by atoms with Gasteiger partial charge in [-0.15, -0.1) is 11.3 Å². The van der Waals surface area contributed by atoms with Crippen LogP contribution >= 0.6 is 27.3 Å². The van der Waals surface area contributed by atoms with Gasteiger partial charge in [0.25, 0.3) is 0 Å². The number of nitrogens with zero attached hydrogens (tertiary/aromatic N) is 1. The molecule has 0 fully saturated rings. The van der Waals surface area contributed by atoms with Crippen molar-refractivity contribution >= 4 is 27.3 Å². The molecule has 0 amide bonds. The van der Waals surface area contributed by atoms with Crippen molar-refractivity contribution in [1.29, 1.82) is 0 Å². The maximum absolute atomic E-state index is 9.06. The molecule has 1 N–H and O–H groups in total. The highest BCUT2D eigenvalue weighted by Crippen LogP contribution is 2.27. The Bertz CT molecular complexity index is 410. The van der Waals surface area contributed by atoms with E-state index in [1.165, 1.54) is 11.3 Å².